The van der Waals surface area contributed by atoms with Crippen molar-refractivity contribution in [2.45, 2.75) is 30.4 Å². The van der Waals surface area contributed by atoms with E-state index in [9.17, 15) is 8.42 Å². The number of hydrogen-bond donors (Lipinski definition) is 1. The normalized spacial score (nSPS) is 20.9. The van der Waals surface area contributed by atoms with Crippen molar-refractivity contribution in [3.8, 4) is 0 Å². The minimum atomic E-state index is -3.51. The van der Waals surface area contributed by atoms with Crippen molar-refractivity contribution in [2.24, 2.45) is 0 Å². The molecule has 118 valence electrons. The van der Waals surface area contributed by atoms with Crippen LogP contribution in [0, 0.1) is 0 Å². The number of piperidine rings is 1. The van der Waals surface area contributed by atoms with Gasteiger partial charge in [0.05, 0.1) is 11.5 Å². The number of rotatable bonds is 4. The first-order chi connectivity index (χ1) is 9.86. The molecule has 1 aliphatic rings. The number of aliphatic hydroxyl groups excluding tert-OH is 1. The fraction of sp³-hybridized carbons (Fsp3) is 0.571. The molecule has 0 bridgehead atoms. The van der Waals surface area contributed by atoms with Crippen LogP contribution in [0.2, 0.25) is 0 Å². The molecule has 21 heavy (non-hydrogen) atoms. The van der Waals surface area contributed by atoms with Crippen LogP contribution in [0.3, 0.4) is 0 Å². The highest BCUT2D eigenvalue weighted by atomic mass is 79.9. The first-order valence-electron chi connectivity index (χ1n) is 6.92. The molecule has 0 aromatic heterocycles. The summed E-state index contributed by atoms with van der Waals surface area (Å²) in [5.74, 6) is 0. The summed E-state index contributed by atoms with van der Waals surface area (Å²) >= 11 is 3.31. The molecule has 1 aromatic carbocycles. The summed E-state index contributed by atoms with van der Waals surface area (Å²) in [5.41, 5.74) is 0.686. The minimum absolute atomic E-state index is 0.106. The Bertz CT molecular complexity index is 604. The summed E-state index contributed by atoms with van der Waals surface area (Å²) in [6.07, 6.45) is 1.89. The highest BCUT2D eigenvalue weighted by molar-refractivity contribution is 9.10. The number of halogens is 1. The number of likely N-dealkylation sites (N-methyl/N-ethyl adjacent to an activating group) is 1. The van der Waals surface area contributed by atoms with Crippen LogP contribution in [0.15, 0.2) is 27.6 Å². The highest BCUT2D eigenvalue weighted by Crippen LogP contribution is 2.28. The van der Waals surface area contributed by atoms with Gasteiger partial charge in [-0.1, -0.05) is 6.07 Å². The number of nitrogens with zero attached hydrogens (tertiary/aromatic N) is 2. The summed E-state index contributed by atoms with van der Waals surface area (Å²) in [5, 5.41) is 9.11. The Morgan fingerprint density at radius 1 is 1.43 bits per heavy atom. The van der Waals surface area contributed by atoms with Gasteiger partial charge in [0.2, 0.25) is 10.0 Å². The topological polar surface area (TPSA) is 60.9 Å². The van der Waals surface area contributed by atoms with E-state index in [0.717, 1.165) is 12.8 Å². The lowest BCUT2D eigenvalue weighted by atomic mass is 10.1. The van der Waals surface area contributed by atoms with Gasteiger partial charge in [0.15, 0.2) is 0 Å². The summed E-state index contributed by atoms with van der Waals surface area (Å²) in [7, 11) is 0.452. The van der Waals surface area contributed by atoms with E-state index in [1.54, 1.807) is 22.5 Å². The summed E-state index contributed by atoms with van der Waals surface area (Å²) in [4.78, 5) is 2.34. The summed E-state index contributed by atoms with van der Waals surface area (Å²) in [6, 6.07) is 5.11. The van der Waals surface area contributed by atoms with Gasteiger partial charge in [0, 0.05) is 23.6 Å². The van der Waals surface area contributed by atoms with Crippen LogP contribution < -0.4 is 0 Å². The highest BCUT2D eigenvalue weighted by Gasteiger charge is 2.32. The Kier molecular flexibility index (Phi) is 5.43. The van der Waals surface area contributed by atoms with Crippen molar-refractivity contribution >= 4 is 26.0 Å². The predicted octanol–water partition coefficient (Wildman–Crippen LogP) is 1.66. The van der Waals surface area contributed by atoms with Gasteiger partial charge in [0.25, 0.3) is 0 Å². The van der Waals surface area contributed by atoms with Gasteiger partial charge in [-0.3, -0.25) is 0 Å². The van der Waals surface area contributed by atoms with E-state index in [0.29, 0.717) is 23.1 Å². The van der Waals surface area contributed by atoms with Crippen molar-refractivity contribution in [2.75, 3.05) is 27.2 Å². The Hall–Kier alpha value is -0.470. The lowest BCUT2D eigenvalue weighted by Gasteiger charge is -2.35. The average molecular weight is 377 g/mol. The number of aliphatic hydroxyl groups is 1. The molecule has 1 aliphatic heterocycles. The molecule has 1 heterocycles. The van der Waals surface area contributed by atoms with E-state index < -0.39 is 10.0 Å². The lowest BCUT2D eigenvalue weighted by molar-refractivity contribution is 0.190. The van der Waals surface area contributed by atoms with E-state index in [1.165, 1.54) is 0 Å². The molecule has 1 atom stereocenters. The molecular formula is C14H21BrN2O3S. The fourth-order valence-electron chi connectivity index (χ4n) is 2.55. The zero-order valence-electron chi connectivity index (χ0n) is 12.3. The number of benzene rings is 1. The van der Waals surface area contributed by atoms with Gasteiger partial charge in [-0.15, -0.1) is 0 Å². The van der Waals surface area contributed by atoms with Crippen molar-refractivity contribution in [3.63, 3.8) is 0 Å². The molecule has 1 fully saturated rings. The summed E-state index contributed by atoms with van der Waals surface area (Å²) < 4.78 is 27.6. The smallest absolute Gasteiger partial charge is 0.244 e. The number of sulfonamides is 1. The maximum Gasteiger partial charge on any atom is 0.244 e. The third kappa shape index (κ3) is 3.65. The second-order valence-corrected chi connectivity index (χ2v) is 8.31. The van der Waals surface area contributed by atoms with Gasteiger partial charge < -0.3 is 10.0 Å². The molecule has 1 unspecified atom stereocenters. The third-order valence-corrected chi connectivity index (χ3v) is 6.73. The van der Waals surface area contributed by atoms with Crippen molar-refractivity contribution in [1.29, 1.82) is 0 Å². The Labute approximate surface area is 134 Å². The van der Waals surface area contributed by atoms with Crippen molar-refractivity contribution in [1.82, 2.24) is 9.21 Å². The standard InChI is InChI=1S/C14H21BrN2O3S/c1-16(2)12-4-3-7-17(9-12)21(19,20)14-6-5-11(10-18)8-13(14)15/h5-6,8,12,18H,3-4,7,9-10H2,1-2H3. The first kappa shape index (κ1) is 16.9. The van der Waals surface area contributed by atoms with E-state index in [4.69, 9.17) is 5.11 Å². The van der Waals surface area contributed by atoms with Gasteiger partial charge in [-0.2, -0.15) is 4.31 Å². The monoisotopic (exact) mass is 376 g/mol. The molecule has 0 radical (unpaired) electrons. The van der Waals surface area contributed by atoms with Crippen LogP contribution >= 0.6 is 15.9 Å². The Morgan fingerprint density at radius 2 is 2.14 bits per heavy atom. The van der Waals surface area contributed by atoms with E-state index >= 15 is 0 Å². The second kappa shape index (κ2) is 6.75. The molecule has 0 spiro atoms. The largest absolute Gasteiger partial charge is 0.392 e. The quantitative estimate of drug-likeness (QED) is 0.867. The molecule has 0 saturated carbocycles. The minimum Gasteiger partial charge on any atom is -0.392 e. The lowest BCUT2D eigenvalue weighted by Crippen LogP contribution is -2.47. The van der Waals surface area contributed by atoms with Crippen LogP contribution in [0.25, 0.3) is 0 Å². The van der Waals surface area contributed by atoms with Gasteiger partial charge in [0.1, 0.15) is 0 Å². The van der Waals surface area contributed by atoms with Gasteiger partial charge in [-0.25, -0.2) is 8.42 Å². The molecule has 7 heteroatoms. The maximum atomic E-state index is 12.8. The van der Waals surface area contributed by atoms with Crippen molar-refractivity contribution < 1.29 is 13.5 Å². The average Bonchev–Trinajstić information content (AvgIpc) is 2.46. The molecule has 5 nitrogen and oxygen atoms in total. The maximum absolute atomic E-state index is 12.8. The first-order valence-corrected chi connectivity index (χ1v) is 9.15. The van der Waals surface area contributed by atoms with E-state index in [1.807, 2.05) is 14.1 Å². The molecule has 1 N–H and O–H groups in total. The van der Waals surface area contributed by atoms with Crippen LogP contribution in [-0.2, 0) is 16.6 Å². The molecule has 0 amide bonds. The van der Waals surface area contributed by atoms with Crippen LogP contribution in [0.1, 0.15) is 18.4 Å². The third-order valence-electron chi connectivity index (χ3n) is 3.89. The van der Waals surface area contributed by atoms with Crippen LogP contribution in [-0.4, -0.2) is 56.0 Å². The van der Waals surface area contributed by atoms with E-state index in [-0.39, 0.29) is 17.5 Å². The molecule has 0 aliphatic carbocycles. The van der Waals surface area contributed by atoms with Crippen LogP contribution in [0.4, 0.5) is 0 Å². The Balaban J connectivity index is 2.29. The predicted molar refractivity (Wildman–Crippen MR) is 85.5 cm³/mol. The number of hydrogen-bond acceptors (Lipinski definition) is 4. The van der Waals surface area contributed by atoms with Gasteiger partial charge in [-0.05, 0) is 60.6 Å². The Morgan fingerprint density at radius 3 is 2.71 bits per heavy atom. The van der Waals surface area contributed by atoms with Crippen molar-refractivity contribution in [3.05, 3.63) is 28.2 Å². The SMILES string of the molecule is CN(C)C1CCCN(S(=O)(=O)c2ccc(CO)cc2Br)C1. The molecule has 1 saturated heterocycles. The van der Waals surface area contributed by atoms with Crippen LogP contribution in [0.5, 0.6) is 0 Å². The second-order valence-electron chi connectivity index (χ2n) is 5.55. The molecular weight excluding hydrogens is 356 g/mol. The fourth-order valence-corrected chi connectivity index (χ4v) is 5.15. The zero-order valence-corrected chi connectivity index (χ0v) is 14.7. The molecule has 2 rings (SSSR count). The summed E-state index contributed by atoms with van der Waals surface area (Å²) in [6.45, 7) is 0.968. The van der Waals surface area contributed by atoms with Gasteiger partial charge >= 0.3 is 0 Å². The molecule has 1 aromatic rings. The zero-order chi connectivity index (χ0) is 15.6. The van der Waals surface area contributed by atoms with E-state index in [2.05, 4.69) is 20.8 Å².